The summed E-state index contributed by atoms with van der Waals surface area (Å²) in [6.07, 6.45) is 2.33. The third-order valence-electron chi connectivity index (χ3n) is 3.97. The summed E-state index contributed by atoms with van der Waals surface area (Å²) in [5.74, 6) is -1.18. The molecule has 0 aliphatic heterocycles. The molecule has 0 unspecified atom stereocenters. The zero-order chi connectivity index (χ0) is 17.3. The van der Waals surface area contributed by atoms with E-state index in [4.69, 9.17) is 14.3 Å². The number of carbonyl (C=O) groups is 2. The number of carboxylic acid groups (broad SMARTS) is 1. The van der Waals surface area contributed by atoms with E-state index in [1.807, 2.05) is 6.92 Å². The van der Waals surface area contributed by atoms with Crippen LogP contribution < -0.4 is 15.7 Å². The number of rotatable bonds is 5. The van der Waals surface area contributed by atoms with Gasteiger partial charge in [0.1, 0.15) is 17.9 Å². The van der Waals surface area contributed by atoms with Gasteiger partial charge in [0.2, 0.25) is 0 Å². The van der Waals surface area contributed by atoms with Gasteiger partial charge < -0.3 is 19.6 Å². The molecule has 1 aromatic carbocycles. The highest BCUT2D eigenvalue weighted by Gasteiger charge is 2.22. The summed E-state index contributed by atoms with van der Waals surface area (Å²) in [5.41, 5.74) is 2.56. The molecule has 7 nitrogen and oxygen atoms in total. The molecule has 0 radical (unpaired) electrons. The fourth-order valence-electron chi connectivity index (χ4n) is 2.99. The highest BCUT2D eigenvalue weighted by molar-refractivity contribution is 5.89. The van der Waals surface area contributed by atoms with Crippen LogP contribution in [0.15, 0.2) is 21.3 Å². The zero-order valence-corrected chi connectivity index (χ0v) is 13.2. The Hall–Kier alpha value is -2.83. The van der Waals surface area contributed by atoms with Crippen molar-refractivity contribution >= 4 is 22.8 Å². The molecule has 0 atom stereocenters. The average Bonchev–Trinajstić information content (AvgIpc) is 3.00. The maximum atomic E-state index is 12.0. The molecule has 1 aliphatic rings. The molecule has 0 bridgehead atoms. The lowest BCUT2D eigenvalue weighted by Gasteiger charge is -2.12. The predicted molar refractivity (Wildman–Crippen MR) is 85.4 cm³/mol. The molecular formula is C17H17NO6. The van der Waals surface area contributed by atoms with Crippen LogP contribution in [0.3, 0.4) is 0 Å². The molecule has 126 valence electrons. The summed E-state index contributed by atoms with van der Waals surface area (Å²) in [5, 5.41) is 11.5. The van der Waals surface area contributed by atoms with Gasteiger partial charge in [0.15, 0.2) is 6.61 Å². The minimum Gasteiger partial charge on any atom is -0.483 e. The van der Waals surface area contributed by atoms with Gasteiger partial charge in [-0.15, -0.1) is 0 Å². The fourth-order valence-corrected chi connectivity index (χ4v) is 2.99. The van der Waals surface area contributed by atoms with Crippen LogP contribution in [0.5, 0.6) is 5.75 Å². The van der Waals surface area contributed by atoms with Crippen molar-refractivity contribution < 1.29 is 23.8 Å². The van der Waals surface area contributed by atoms with Gasteiger partial charge in [-0.1, -0.05) is 0 Å². The van der Waals surface area contributed by atoms with E-state index >= 15 is 0 Å². The topological polar surface area (TPSA) is 106 Å². The minimum absolute atomic E-state index is 0.306. The SMILES string of the molecule is Cc1cc(OCC(=O)NCC(=O)O)c2c3c(c(=O)oc2c1)CCC3. The van der Waals surface area contributed by atoms with E-state index in [0.717, 1.165) is 29.4 Å². The van der Waals surface area contributed by atoms with Gasteiger partial charge in [-0.3, -0.25) is 9.59 Å². The van der Waals surface area contributed by atoms with Gasteiger partial charge in [0.25, 0.3) is 5.91 Å². The normalized spacial score (nSPS) is 12.9. The molecule has 2 aromatic rings. The van der Waals surface area contributed by atoms with Crippen molar-refractivity contribution in [3.05, 3.63) is 39.2 Å². The first-order valence-electron chi connectivity index (χ1n) is 7.66. The number of ether oxygens (including phenoxy) is 1. The molecule has 24 heavy (non-hydrogen) atoms. The molecule has 1 aromatic heterocycles. The van der Waals surface area contributed by atoms with Crippen LogP contribution in [-0.2, 0) is 22.4 Å². The maximum absolute atomic E-state index is 12.0. The van der Waals surface area contributed by atoms with E-state index in [1.54, 1.807) is 12.1 Å². The van der Waals surface area contributed by atoms with E-state index in [0.29, 0.717) is 23.3 Å². The molecule has 0 fully saturated rings. The van der Waals surface area contributed by atoms with Gasteiger partial charge >= 0.3 is 11.6 Å². The first kappa shape index (κ1) is 16.0. The zero-order valence-electron chi connectivity index (χ0n) is 13.2. The largest absolute Gasteiger partial charge is 0.483 e. The summed E-state index contributed by atoms with van der Waals surface area (Å²) >= 11 is 0. The lowest BCUT2D eigenvalue weighted by atomic mass is 10.0. The Morgan fingerprint density at radius 1 is 1.29 bits per heavy atom. The molecular weight excluding hydrogens is 314 g/mol. The quantitative estimate of drug-likeness (QED) is 0.797. The molecule has 1 aliphatic carbocycles. The molecule has 3 rings (SSSR count). The second-order valence-electron chi connectivity index (χ2n) is 5.80. The van der Waals surface area contributed by atoms with Crippen molar-refractivity contribution in [1.29, 1.82) is 0 Å². The number of carboxylic acids is 1. The Morgan fingerprint density at radius 2 is 2.04 bits per heavy atom. The summed E-state index contributed by atoms with van der Waals surface area (Å²) in [6.45, 7) is 1.07. The van der Waals surface area contributed by atoms with Crippen LogP contribution in [0.2, 0.25) is 0 Å². The first-order valence-corrected chi connectivity index (χ1v) is 7.66. The number of aryl methyl sites for hydroxylation is 2. The Morgan fingerprint density at radius 3 is 2.79 bits per heavy atom. The standard InChI is InChI=1S/C17H17NO6/c1-9-5-12(23-8-14(19)18-7-15(20)21)16-10-3-2-4-11(10)17(22)24-13(16)6-9/h5-6H,2-4,7-8H2,1H3,(H,18,19)(H,20,21). The van der Waals surface area contributed by atoms with E-state index in [-0.39, 0.29) is 12.2 Å². The second kappa shape index (κ2) is 6.35. The molecule has 0 saturated carbocycles. The number of aliphatic carboxylic acids is 1. The van der Waals surface area contributed by atoms with Crippen molar-refractivity contribution in [1.82, 2.24) is 5.32 Å². The van der Waals surface area contributed by atoms with E-state index in [1.165, 1.54) is 0 Å². The molecule has 1 heterocycles. The summed E-state index contributed by atoms with van der Waals surface area (Å²) in [7, 11) is 0. The Bertz CT molecular complexity index is 883. The third kappa shape index (κ3) is 3.10. The number of benzene rings is 1. The average molecular weight is 331 g/mol. The fraction of sp³-hybridized carbons (Fsp3) is 0.353. The van der Waals surface area contributed by atoms with Crippen LogP contribution in [0, 0.1) is 6.92 Å². The minimum atomic E-state index is -1.12. The first-order chi connectivity index (χ1) is 11.5. The molecule has 0 spiro atoms. The van der Waals surface area contributed by atoms with Crippen molar-refractivity contribution in [2.45, 2.75) is 26.2 Å². The number of amides is 1. The number of nitrogens with one attached hydrogen (secondary N) is 1. The molecule has 1 amide bonds. The Labute approximate surface area is 137 Å². The monoisotopic (exact) mass is 331 g/mol. The van der Waals surface area contributed by atoms with Crippen molar-refractivity contribution in [3.63, 3.8) is 0 Å². The van der Waals surface area contributed by atoms with Crippen LogP contribution in [0.4, 0.5) is 0 Å². The Balaban J connectivity index is 1.93. The predicted octanol–water partition coefficient (Wildman–Crippen LogP) is 1.17. The molecule has 2 N–H and O–H groups in total. The van der Waals surface area contributed by atoms with Crippen LogP contribution in [0.25, 0.3) is 11.0 Å². The van der Waals surface area contributed by atoms with E-state index < -0.39 is 18.4 Å². The summed E-state index contributed by atoms with van der Waals surface area (Å²) in [6, 6.07) is 3.55. The van der Waals surface area contributed by atoms with Crippen molar-refractivity contribution in [2.24, 2.45) is 0 Å². The van der Waals surface area contributed by atoms with Crippen LogP contribution in [0.1, 0.15) is 23.1 Å². The molecule has 0 saturated heterocycles. The van der Waals surface area contributed by atoms with Gasteiger partial charge in [-0.25, -0.2) is 4.79 Å². The lowest BCUT2D eigenvalue weighted by Crippen LogP contribution is -2.33. The lowest BCUT2D eigenvalue weighted by molar-refractivity contribution is -0.138. The number of fused-ring (bicyclic) bond motifs is 3. The van der Waals surface area contributed by atoms with Crippen molar-refractivity contribution in [2.75, 3.05) is 13.2 Å². The van der Waals surface area contributed by atoms with Gasteiger partial charge in [-0.2, -0.15) is 0 Å². The van der Waals surface area contributed by atoms with E-state index in [9.17, 15) is 14.4 Å². The summed E-state index contributed by atoms with van der Waals surface area (Å²) in [4.78, 5) is 34.2. The number of hydrogen-bond donors (Lipinski definition) is 2. The maximum Gasteiger partial charge on any atom is 0.339 e. The van der Waals surface area contributed by atoms with Crippen LogP contribution >= 0.6 is 0 Å². The van der Waals surface area contributed by atoms with E-state index in [2.05, 4.69) is 5.32 Å². The van der Waals surface area contributed by atoms with Gasteiger partial charge in [0, 0.05) is 5.56 Å². The van der Waals surface area contributed by atoms with Crippen molar-refractivity contribution in [3.8, 4) is 5.75 Å². The van der Waals surface area contributed by atoms with Gasteiger partial charge in [0.05, 0.1) is 5.39 Å². The highest BCUT2D eigenvalue weighted by Crippen LogP contribution is 2.35. The molecule has 7 heteroatoms. The Kier molecular flexibility index (Phi) is 4.24. The second-order valence-corrected chi connectivity index (χ2v) is 5.80. The van der Waals surface area contributed by atoms with Gasteiger partial charge in [-0.05, 0) is 49.4 Å². The smallest absolute Gasteiger partial charge is 0.339 e. The number of hydrogen-bond acceptors (Lipinski definition) is 5. The third-order valence-corrected chi connectivity index (χ3v) is 3.97. The number of carbonyl (C=O) groups excluding carboxylic acids is 1. The van der Waals surface area contributed by atoms with Crippen LogP contribution in [-0.4, -0.2) is 30.1 Å². The highest BCUT2D eigenvalue weighted by atomic mass is 16.5. The summed E-state index contributed by atoms with van der Waals surface area (Å²) < 4.78 is 11.0.